The maximum absolute atomic E-state index is 12.1. The lowest BCUT2D eigenvalue weighted by Crippen LogP contribution is -2.24. The normalized spacial score (nSPS) is 11.2. The van der Waals surface area contributed by atoms with Crippen LogP contribution in [-0.2, 0) is 4.74 Å². The molecule has 0 aliphatic rings. The van der Waals surface area contributed by atoms with Gasteiger partial charge < -0.3 is 4.74 Å². The lowest BCUT2D eigenvalue weighted by molar-refractivity contribution is 0.00683. The number of rotatable bonds is 2. The molecule has 0 saturated heterocycles. The van der Waals surface area contributed by atoms with Gasteiger partial charge in [0, 0.05) is 5.56 Å². The number of aryl methyl sites for hydroxylation is 1. The molecule has 2 rings (SSSR count). The van der Waals surface area contributed by atoms with Crippen LogP contribution in [0, 0.1) is 6.92 Å². The fourth-order valence-corrected chi connectivity index (χ4v) is 1.88. The van der Waals surface area contributed by atoms with E-state index in [9.17, 15) is 4.79 Å². The minimum absolute atomic E-state index is 0.331. The van der Waals surface area contributed by atoms with Crippen LogP contribution >= 0.6 is 0 Å². The van der Waals surface area contributed by atoms with Crippen LogP contribution in [0.5, 0.6) is 0 Å². The Morgan fingerprint density at radius 3 is 2.25 bits per heavy atom. The molecule has 0 bridgehead atoms. The molecule has 2 aromatic rings. The van der Waals surface area contributed by atoms with Crippen molar-refractivity contribution in [3.63, 3.8) is 0 Å². The number of benzene rings is 1. The standard InChI is InChI=1S/C17H19NO2/c1-12-14(16(19)20-17(2,3)4)10-11-15(18-12)13-8-6-5-7-9-13/h5-11H,1-4H3. The highest BCUT2D eigenvalue weighted by atomic mass is 16.6. The second-order valence-corrected chi connectivity index (χ2v) is 5.70. The third-order valence-corrected chi connectivity index (χ3v) is 2.77. The van der Waals surface area contributed by atoms with E-state index in [0.29, 0.717) is 11.3 Å². The quantitative estimate of drug-likeness (QED) is 0.773. The summed E-state index contributed by atoms with van der Waals surface area (Å²) < 4.78 is 5.37. The smallest absolute Gasteiger partial charge is 0.340 e. The predicted octanol–water partition coefficient (Wildman–Crippen LogP) is 4.01. The Balaban J connectivity index is 2.29. The summed E-state index contributed by atoms with van der Waals surface area (Å²) in [5.41, 5.74) is 2.59. The van der Waals surface area contributed by atoms with E-state index in [1.165, 1.54) is 0 Å². The number of nitrogens with zero attached hydrogens (tertiary/aromatic N) is 1. The molecule has 0 saturated carbocycles. The second-order valence-electron chi connectivity index (χ2n) is 5.70. The third kappa shape index (κ3) is 3.44. The molecule has 1 aromatic carbocycles. The van der Waals surface area contributed by atoms with Crippen LogP contribution in [0.1, 0.15) is 36.8 Å². The molecule has 0 spiro atoms. The lowest BCUT2D eigenvalue weighted by Gasteiger charge is -2.20. The van der Waals surface area contributed by atoms with Gasteiger partial charge in [-0.05, 0) is 39.8 Å². The van der Waals surface area contributed by atoms with Gasteiger partial charge >= 0.3 is 5.97 Å². The van der Waals surface area contributed by atoms with E-state index in [1.54, 1.807) is 6.07 Å². The van der Waals surface area contributed by atoms with Crippen molar-refractivity contribution in [3.8, 4) is 11.3 Å². The SMILES string of the molecule is Cc1nc(-c2ccccc2)ccc1C(=O)OC(C)(C)C. The van der Waals surface area contributed by atoms with Crippen LogP contribution in [0.3, 0.4) is 0 Å². The van der Waals surface area contributed by atoms with Crippen molar-refractivity contribution in [1.29, 1.82) is 0 Å². The molecular formula is C17H19NO2. The highest BCUT2D eigenvalue weighted by molar-refractivity contribution is 5.91. The van der Waals surface area contributed by atoms with Gasteiger partial charge in [-0.25, -0.2) is 4.79 Å². The van der Waals surface area contributed by atoms with Gasteiger partial charge in [0.25, 0.3) is 0 Å². The van der Waals surface area contributed by atoms with E-state index >= 15 is 0 Å². The summed E-state index contributed by atoms with van der Waals surface area (Å²) in [5.74, 6) is -0.331. The van der Waals surface area contributed by atoms with E-state index in [0.717, 1.165) is 11.3 Å². The zero-order chi connectivity index (χ0) is 14.8. The Morgan fingerprint density at radius 2 is 1.70 bits per heavy atom. The molecule has 0 atom stereocenters. The number of pyridine rings is 1. The zero-order valence-corrected chi connectivity index (χ0v) is 12.3. The first-order valence-electron chi connectivity index (χ1n) is 6.63. The Labute approximate surface area is 119 Å². The highest BCUT2D eigenvalue weighted by Crippen LogP contribution is 2.20. The zero-order valence-electron chi connectivity index (χ0n) is 12.3. The molecule has 0 fully saturated rings. The molecule has 20 heavy (non-hydrogen) atoms. The van der Waals surface area contributed by atoms with Gasteiger partial charge in [0.15, 0.2) is 0 Å². The summed E-state index contributed by atoms with van der Waals surface area (Å²) in [6.45, 7) is 7.38. The summed E-state index contributed by atoms with van der Waals surface area (Å²) in [4.78, 5) is 16.6. The van der Waals surface area contributed by atoms with Crippen LogP contribution in [0.25, 0.3) is 11.3 Å². The molecule has 1 heterocycles. The molecule has 104 valence electrons. The molecular weight excluding hydrogens is 250 g/mol. The molecule has 0 amide bonds. The van der Waals surface area contributed by atoms with E-state index in [4.69, 9.17) is 4.74 Å². The minimum atomic E-state index is -0.498. The van der Waals surface area contributed by atoms with Crippen molar-refractivity contribution in [2.75, 3.05) is 0 Å². The molecule has 0 unspecified atom stereocenters. The second kappa shape index (κ2) is 5.45. The van der Waals surface area contributed by atoms with Gasteiger partial charge in [-0.2, -0.15) is 0 Å². The fourth-order valence-electron chi connectivity index (χ4n) is 1.88. The van der Waals surface area contributed by atoms with Crippen molar-refractivity contribution in [1.82, 2.24) is 4.98 Å². The van der Waals surface area contributed by atoms with Crippen LogP contribution in [-0.4, -0.2) is 16.6 Å². The summed E-state index contributed by atoms with van der Waals surface area (Å²) >= 11 is 0. The van der Waals surface area contributed by atoms with Crippen molar-refractivity contribution >= 4 is 5.97 Å². The average Bonchev–Trinajstić information content (AvgIpc) is 2.37. The first kappa shape index (κ1) is 14.3. The maximum Gasteiger partial charge on any atom is 0.340 e. The van der Waals surface area contributed by atoms with Crippen LogP contribution in [0.15, 0.2) is 42.5 Å². The summed E-state index contributed by atoms with van der Waals surface area (Å²) in [6, 6.07) is 13.5. The minimum Gasteiger partial charge on any atom is -0.456 e. The molecule has 0 aliphatic heterocycles. The van der Waals surface area contributed by atoms with Crippen molar-refractivity contribution in [3.05, 3.63) is 53.7 Å². The van der Waals surface area contributed by atoms with Crippen LogP contribution < -0.4 is 0 Å². The first-order valence-corrected chi connectivity index (χ1v) is 6.63. The molecule has 3 heteroatoms. The van der Waals surface area contributed by atoms with Gasteiger partial charge in [0.2, 0.25) is 0 Å². The van der Waals surface area contributed by atoms with Crippen molar-refractivity contribution in [2.24, 2.45) is 0 Å². The summed E-state index contributed by atoms with van der Waals surface area (Å²) in [7, 11) is 0. The van der Waals surface area contributed by atoms with Crippen LogP contribution in [0.2, 0.25) is 0 Å². The Morgan fingerprint density at radius 1 is 1.05 bits per heavy atom. The Kier molecular flexibility index (Phi) is 3.89. The van der Waals surface area contributed by atoms with Gasteiger partial charge in [0.05, 0.1) is 17.0 Å². The largest absolute Gasteiger partial charge is 0.456 e. The highest BCUT2D eigenvalue weighted by Gasteiger charge is 2.20. The Hall–Kier alpha value is -2.16. The van der Waals surface area contributed by atoms with Gasteiger partial charge in [0.1, 0.15) is 5.60 Å². The summed E-state index contributed by atoms with van der Waals surface area (Å²) in [5, 5.41) is 0. The first-order chi connectivity index (χ1) is 9.37. The third-order valence-electron chi connectivity index (χ3n) is 2.77. The number of carbonyl (C=O) groups is 1. The van der Waals surface area contributed by atoms with E-state index in [-0.39, 0.29) is 5.97 Å². The number of hydrogen-bond acceptors (Lipinski definition) is 3. The molecule has 0 N–H and O–H groups in total. The summed E-state index contributed by atoms with van der Waals surface area (Å²) in [6.07, 6.45) is 0. The molecule has 3 nitrogen and oxygen atoms in total. The van der Waals surface area contributed by atoms with E-state index in [2.05, 4.69) is 4.98 Å². The fraction of sp³-hybridized carbons (Fsp3) is 0.294. The molecule has 0 aliphatic carbocycles. The monoisotopic (exact) mass is 269 g/mol. The van der Waals surface area contributed by atoms with E-state index < -0.39 is 5.60 Å². The van der Waals surface area contributed by atoms with Gasteiger partial charge in [-0.15, -0.1) is 0 Å². The van der Waals surface area contributed by atoms with Crippen molar-refractivity contribution in [2.45, 2.75) is 33.3 Å². The van der Waals surface area contributed by atoms with Crippen LogP contribution in [0.4, 0.5) is 0 Å². The topological polar surface area (TPSA) is 39.2 Å². The maximum atomic E-state index is 12.1. The number of aromatic nitrogens is 1. The average molecular weight is 269 g/mol. The van der Waals surface area contributed by atoms with Gasteiger partial charge in [-0.3, -0.25) is 4.98 Å². The van der Waals surface area contributed by atoms with Crippen molar-refractivity contribution < 1.29 is 9.53 Å². The Bertz CT molecular complexity index is 613. The van der Waals surface area contributed by atoms with Gasteiger partial charge in [-0.1, -0.05) is 30.3 Å². The number of ether oxygens (including phenoxy) is 1. The van der Waals surface area contributed by atoms with E-state index in [1.807, 2.05) is 64.1 Å². The molecule has 0 radical (unpaired) electrons. The lowest BCUT2D eigenvalue weighted by atomic mass is 10.1. The predicted molar refractivity (Wildman–Crippen MR) is 79.6 cm³/mol. The number of hydrogen-bond donors (Lipinski definition) is 0. The molecule has 1 aromatic heterocycles. The number of esters is 1. The number of carbonyl (C=O) groups excluding carboxylic acids is 1.